The van der Waals surface area contributed by atoms with Gasteiger partial charge in [0.2, 0.25) is 0 Å². The van der Waals surface area contributed by atoms with Crippen molar-refractivity contribution < 1.29 is 5.11 Å². The minimum Gasteiger partial charge on any atom is -0.494 e. The van der Waals surface area contributed by atoms with Crippen molar-refractivity contribution in [2.45, 2.75) is 0 Å². The van der Waals surface area contributed by atoms with E-state index in [1.807, 2.05) is 24.3 Å². The van der Waals surface area contributed by atoms with Crippen LogP contribution in [0.3, 0.4) is 0 Å². The fourth-order valence-corrected chi connectivity index (χ4v) is 2.04. The average Bonchev–Trinajstić information content (AvgIpc) is 2.81. The van der Waals surface area contributed by atoms with Crippen LogP contribution >= 0.6 is 0 Å². The van der Waals surface area contributed by atoms with Gasteiger partial charge in [0, 0.05) is 17.1 Å². The lowest BCUT2D eigenvalue weighted by Crippen LogP contribution is -1.79. The molecule has 0 bridgehead atoms. The van der Waals surface area contributed by atoms with Crippen LogP contribution in [0.2, 0.25) is 0 Å². The van der Waals surface area contributed by atoms with Crippen molar-refractivity contribution in [3.8, 4) is 11.9 Å². The fraction of sp³-hybridized carbons (Fsp3) is 0. The molecule has 96 valence electrons. The molecule has 4 nitrogen and oxygen atoms in total. The summed E-state index contributed by atoms with van der Waals surface area (Å²) >= 11 is 0. The molecular formula is C16H11N3O. The number of aromatic amines is 1. The maximum atomic E-state index is 9.90. The van der Waals surface area contributed by atoms with E-state index in [4.69, 9.17) is 5.26 Å². The molecule has 1 aromatic heterocycles. The van der Waals surface area contributed by atoms with Gasteiger partial charge in [0.25, 0.3) is 0 Å². The first kappa shape index (κ1) is 12.0. The smallest absolute Gasteiger partial charge is 0.198 e. The van der Waals surface area contributed by atoms with Gasteiger partial charge in [0.15, 0.2) is 5.88 Å². The topological polar surface area (TPSA) is 72.2 Å². The Labute approximate surface area is 115 Å². The third kappa shape index (κ3) is 2.13. The summed E-state index contributed by atoms with van der Waals surface area (Å²) in [5.74, 6) is 0.101. The summed E-state index contributed by atoms with van der Waals surface area (Å²) in [4.78, 5) is 7.22. The zero-order valence-electron chi connectivity index (χ0n) is 10.5. The highest BCUT2D eigenvalue weighted by molar-refractivity contribution is 6.02. The molecule has 1 heterocycles. The van der Waals surface area contributed by atoms with Gasteiger partial charge in [-0.1, -0.05) is 18.2 Å². The number of nitriles is 1. The number of fused-ring (bicyclic) bond motifs is 1. The summed E-state index contributed by atoms with van der Waals surface area (Å²) in [5, 5.41) is 19.6. The number of nitrogens with zero attached hydrogens (tertiary/aromatic N) is 2. The standard InChI is InChI=1S/C16H11N3O/c17-9-11-5-7-12(8-6-11)18-10-14-13-3-1-2-4-15(13)19-16(14)20/h1-8,10,19-20H. The fourth-order valence-electron chi connectivity index (χ4n) is 2.04. The Morgan fingerprint density at radius 3 is 2.60 bits per heavy atom. The van der Waals surface area contributed by atoms with Crippen molar-refractivity contribution in [1.82, 2.24) is 4.98 Å². The number of hydrogen-bond acceptors (Lipinski definition) is 3. The zero-order valence-corrected chi connectivity index (χ0v) is 10.5. The van der Waals surface area contributed by atoms with Crippen LogP contribution in [0.25, 0.3) is 10.9 Å². The number of nitrogens with one attached hydrogen (secondary N) is 1. The van der Waals surface area contributed by atoms with Gasteiger partial charge in [-0.05, 0) is 30.3 Å². The maximum absolute atomic E-state index is 9.90. The molecule has 4 heteroatoms. The largest absolute Gasteiger partial charge is 0.494 e. The first-order valence-electron chi connectivity index (χ1n) is 6.12. The molecule has 2 N–H and O–H groups in total. The van der Waals surface area contributed by atoms with Crippen molar-refractivity contribution in [3.05, 3.63) is 59.7 Å². The van der Waals surface area contributed by atoms with E-state index >= 15 is 0 Å². The highest BCUT2D eigenvalue weighted by atomic mass is 16.3. The summed E-state index contributed by atoms with van der Waals surface area (Å²) in [7, 11) is 0. The van der Waals surface area contributed by atoms with Gasteiger partial charge in [-0.15, -0.1) is 0 Å². The Balaban J connectivity index is 1.98. The molecule has 20 heavy (non-hydrogen) atoms. The summed E-state index contributed by atoms with van der Waals surface area (Å²) in [6.45, 7) is 0. The highest BCUT2D eigenvalue weighted by Gasteiger charge is 2.07. The number of aromatic hydroxyl groups is 1. The van der Waals surface area contributed by atoms with E-state index in [1.54, 1.807) is 30.5 Å². The van der Waals surface area contributed by atoms with Crippen molar-refractivity contribution in [2.75, 3.05) is 0 Å². The Hall–Kier alpha value is -3.06. The molecule has 3 aromatic rings. The van der Waals surface area contributed by atoms with E-state index in [1.165, 1.54) is 0 Å². The first-order valence-corrected chi connectivity index (χ1v) is 6.12. The number of H-pyrrole nitrogens is 1. The number of benzene rings is 2. The first-order chi connectivity index (χ1) is 9.78. The molecule has 0 unspecified atom stereocenters. The molecule has 0 aliphatic heterocycles. The Morgan fingerprint density at radius 2 is 1.85 bits per heavy atom. The van der Waals surface area contributed by atoms with Gasteiger partial charge >= 0.3 is 0 Å². The molecule has 0 saturated carbocycles. The van der Waals surface area contributed by atoms with E-state index in [9.17, 15) is 5.11 Å². The van der Waals surface area contributed by atoms with Crippen molar-refractivity contribution in [3.63, 3.8) is 0 Å². The minimum absolute atomic E-state index is 0.101. The third-order valence-corrected chi connectivity index (χ3v) is 3.06. The predicted molar refractivity (Wildman–Crippen MR) is 78.4 cm³/mol. The Morgan fingerprint density at radius 1 is 1.10 bits per heavy atom. The normalized spacial score (nSPS) is 10.9. The van der Waals surface area contributed by atoms with E-state index < -0.39 is 0 Å². The van der Waals surface area contributed by atoms with Gasteiger partial charge < -0.3 is 10.1 Å². The predicted octanol–water partition coefficient (Wildman–Crippen LogP) is 3.50. The minimum atomic E-state index is 0.101. The summed E-state index contributed by atoms with van der Waals surface area (Å²) in [6, 6.07) is 16.6. The molecule has 0 aliphatic carbocycles. The number of para-hydroxylation sites is 1. The van der Waals surface area contributed by atoms with Gasteiger partial charge in [0.05, 0.1) is 22.9 Å². The molecule has 0 fully saturated rings. The number of aromatic nitrogens is 1. The van der Waals surface area contributed by atoms with E-state index in [0.29, 0.717) is 11.1 Å². The van der Waals surface area contributed by atoms with Crippen LogP contribution in [0.1, 0.15) is 11.1 Å². The molecule has 3 rings (SSSR count). The number of aliphatic imine (C=N–C) groups is 1. The second-order valence-electron chi connectivity index (χ2n) is 4.35. The van der Waals surface area contributed by atoms with Crippen LogP contribution in [-0.4, -0.2) is 16.3 Å². The molecule has 0 aliphatic rings. The zero-order chi connectivity index (χ0) is 13.9. The van der Waals surface area contributed by atoms with Crippen molar-refractivity contribution >= 4 is 22.8 Å². The average molecular weight is 261 g/mol. The second kappa shape index (κ2) is 4.90. The third-order valence-electron chi connectivity index (χ3n) is 3.06. The van der Waals surface area contributed by atoms with Crippen LogP contribution in [0, 0.1) is 11.3 Å². The second-order valence-corrected chi connectivity index (χ2v) is 4.35. The van der Waals surface area contributed by atoms with E-state index in [-0.39, 0.29) is 5.88 Å². The van der Waals surface area contributed by atoms with Crippen LogP contribution in [0.5, 0.6) is 5.88 Å². The number of hydrogen-bond donors (Lipinski definition) is 2. The summed E-state index contributed by atoms with van der Waals surface area (Å²) in [5.41, 5.74) is 2.85. The lowest BCUT2D eigenvalue weighted by molar-refractivity contribution is 0.457. The van der Waals surface area contributed by atoms with Crippen LogP contribution < -0.4 is 0 Å². The Bertz CT molecular complexity index is 823. The lowest BCUT2D eigenvalue weighted by atomic mass is 10.2. The Kier molecular flexibility index (Phi) is 2.94. The summed E-state index contributed by atoms with van der Waals surface area (Å²) < 4.78 is 0. The van der Waals surface area contributed by atoms with Crippen molar-refractivity contribution in [2.24, 2.45) is 4.99 Å². The molecule has 0 atom stereocenters. The van der Waals surface area contributed by atoms with Gasteiger partial charge in [-0.3, -0.25) is 4.99 Å². The van der Waals surface area contributed by atoms with Crippen LogP contribution in [0.15, 0.2) is 53.5 Å². The van der Waals surface area contributed by atoms with E-state index in [2.05, 4.69) is 16.0 Å². The quantitative estimate of drug-likeness (QED) is 0.693. The van der Waals surface area contributed by atoms with Crippen molar-refractivity contribution in [1.29, 1.82) is 5.26 Å². The molecule has 0 radical (unpaired) electrons. The van der Waals surface area contributed by atoms with Gasteiger partial charge in [-0.2, -0.15) is 5.26 Å². The highest BCUT2D eigenvalue weighted by Crippen LogP contribution is 2.25. The molecule has 0 spiro atoms. The molecular weight excluding hydrogens is 250 g/mol. The molecule has 0 amide bonds. The maximum Gasteiger partial charge on any atom is 0.198 e. The molecule has 2 aromatic carbocycles. The molecule has 0 saturated heterocycles. The van der Waals surface area contributed by atoms with Gasteiger partial charge in [-0.25, -0.2) is 0 Å². The van der Waals surface area contributed by atoms with E-state index in [0.717, 1.165) is 16.6 Å². The number of rotatable bonds is 2. The van der Waals surface area contributed by atoms with Crippen LogP contribution in [0.4, 0.5) is 5.69 Å². The van der Waals surface area contributed by atoms with Gasteiger partial charge in [0.1, 0.15) is 0 Å². The monoisotopic (exact) mass is 261 g/mol. The van der Waals surface area contributed by atoms with Crippen LogP contribution in [-0.2, 0) is 0 Å². The SMILES string of the molecule is N#Cc1ccc(N=Cc2c(O)[nH]c3ccccc23)cc1. The lowest BCUT2D eigenvalue weighted by Gasteiger charge is -1.94. The summed E-state index contributed by atoms with van der Waals surface area (Å²) in [6.07, 6.45) is 1.62.